The Morgan fingerprint density at radius 2 is 1.90 bits per heavy atom. The third kappa shape index (κ3) is 3.33. The van der Waals surface area contributed by atoms with Crippen LogP contribution in [0.1, 0.15) is 35.3 Å². The van der Waals surface area contributed by atoms with E-state index in [9.17, 15) is 8.42 Å². The highest BCUT2D eigenvalue weighted by molar-refractivity contribution is 7.89. The number of hydrogen-bond donors (Lipinski definition) is 1. The highest BCUT2D eigenvalue weighted by atomic mass is 32.2. The average Bonchev–Trinajstić information content (AvgIpc) is 2.68. The number of aryl methyl sites for hydroxylation is 4. The Bertz CT molecular complexity index is 763. The van der Waals surface area contributed by atoms with Crippen molar-refractivity contribution in [3.63, 3.8) is 0 Å². The van der Waals surface area contributed by atoms with Crippen LogP contribution in [-0.2, 0) is 17.1 Å². The zero-order valence-corrected chi connectivity index (χ0v) is 13.8. The molecule has 2 rings (SSSR count). The van der Waals surface area contributed by atoms with Gasteiger partial charge in [0.2, 0.25) is 10.0 Å². The fourth-order valence-corrected chi connectivity index (χ4v) is 3.95. The van der Waals surface area contributed by atoms with Gasteiger partial charge < -0.3 is 0 Å². The molecule has 0 bridgehead atoms. The zero-order valence-electron chi connectivity index (χ0n) is 13.0. The molecule has 1 aromatic heterocycles. The van der Waals surface area contributed by atoms with Crippen LogP contribution in [-0.4, -0.2) is 18.2 Å². The average molecular weight is 307 g/mol. The Hall–Kier alpha value is -1.66. The van der Waals surface area contributed by atoms with E-state index in [1.54, 1.807) is 14.0 Å². The second-order valence-corrected chi connectivity index (χ2v) is 7.14. The first-order chi connectivity index (χ1) is 9.70. The van der Waals surface area contributed by atoms with Crippen molar-refractivity contribution in [2.75, 3.05) is 0 Å². The summed E-state index contributed by atoms with van der Waals surface area (Å²) in [6.07, 6.45) is 1.52. The molecule has 114 valence electrons. The van der Waals surface area contributed by atoms with E-state index in [0.29, 0.717) is 5.69 Å². The lowest BCUT2D eigenvalue weighted by Crippen LogP contribution is -2.27. The Kier molecular flexibility index (Phi) is 4.20. The molecule has 1 aromatic carbocycles. The lowest BCUT2D eigenvalue weighted by molar-refractivity contribution is 0.566. The Labute approximate surface area is 126 Å². The van der Waals surface area contributed by atoms with Gasteiger partial charge in [-0.2, -0.15) is 5.10 Å². The van der Waals surface area contributed by atoms with Gasteiger partial charge in [0.25, 0.3) is 0 Å². The van der Waals surface area contributed by atoms with E-state index >= 15 is 0 Å². The van der Waals surface area contributed by atoms with Crippen molar-refractivity contribution in [3.8, 4) is 0 Å². The summed E-state index contributed by atoms with van der Waals surface area (Å²) in [4.78, 5) is 0.224. The van der Waals surface area contributed by atoms with Gasteiger partial charge in [-0.1, -0.05) is 23.8 Å². The predicted octanol–water partition coefficient (Wildman–Crippen LogP) is 2.38. The van der Waals surface area contributed by atoms with E-state index in [1.165, 1.54) is 10.9 Å². The molecule has 0 saturated carbocycles. The topological polar surface area (TPSA) is 64.0 Å². The van der Waals surface area contributed by atoms with Gasteiger partial charge in [0.15, 0.2) is 0 Å². The fraction of sp³-hybridized carbons (Fsp3) is 0.400. The first kappa shape index (κ1) is 15.7. The molecule has 21 heavy (non-hydrogen) atoms. The van der Waals surface area contributed by atoms with E-state index in [0.717, 1.165) is 16.7 Å². The Morgan fingerprint density at radius 3 is 2.43 bits per heavy atom. The maximum Gasteiger partial charge on any atom is 0.244 e. The quantitative estimate of drug-likeness (QED) is 0.943. The van der Waals surface area contributed by atoms with Crippen LogP contribution in [0.15, 0.2) is 29.3 Å². The van der Waals surface area contributed by atoms with Gasteiger partial charge in [-0.25, -0.2) is 13.1 Å². The van der Waals surface area contributed by atoms with Crippen molar-refractivity contribution in [3.05, 3.63) is 46.8 Å². The van der Waals surface area contributed by atoms with Crippen molar-refractivity contribution in [2.45, 2.75) is 38.6 Å². The van der Waals surface area contributed by atoms with Crippen LogP contribution in [0, 0.1) is 20.8 Å². The lowest BCUT2D eigenvalue weighted by Gasteiger charge is -2.17. The summed E-state index contributed by atoms with van der Waals surface area (Å²) in [5.41, 5.74) is 3.71. The molecule has 0 saturated heterocycles. The third-order valence-electron chi connectivity index (χ3n) is 3.48. The molecular formula is C15H21N3O2S. The van der Waals surface area contributed by atoms with E-state index in [4.69, 9.17) is 0 Å². The summed E-state index contributed by atoms with van der Waals surface area (Å²) < 4.78 is 29.2. The highest BCUT2D eigenvalue weighted by Crippen LogP contribution is 2.22. The smallest absolute Gasteiger partial charge is 0.244 e. The first-order valence-electron chi connectivity index (χ1n) is 6.80. The minimum Gasteiger partial charge on any atom is -0.274 e. The summed E-state index contributed by atoms with van der Waals surface area (Å²) in [5, 5.41) is 4.08. The lowest BCUT2D eigenvalue weighted by atomic mass is 10.0. The van der Waals surface area contributed by atoms with Crippen molar-refractivity contribution in [1.29, 1.82) is 0 Å². The molecule has 1 atom stereocenters. The summed E-state index contributed by atoms with van der Waals surface area (Å²) >= 11 is 0. The van der Waals surface area contributed by atoms with Gasteiger partial charge in [-0.15, -0.1) is 0 Å². The van der Waals surface area contributed by atoms with Crippen molar-refractivity contribution >= 4 is 10.0 Å². The maximum absolute atomic E-state index is 12.5. The van der Waals surface area contributed by atoms with Crippen LogP contribution in [0.4, 0.5) is 0 Å². The van der Waals surface area contributed by atoms with Crippen LogP contribution < -0.4 is 4.72 Å². The molecule has 0 fully saturated rings. The van der Waals surface area contributed by atoms with E-state index < -0.39 is 10.0 Å². The molecule has 0 aliphatic rings. The number of aromatic nitrogens is 2. The van der Waals surface area contributed by atoms with Crippen LogP contribution in [0.2, 0.25) is 0 Å². The highest BCUT2D eigenvalue weighted by Gasteiger charge is 2.23. The molecule has 1 heterocycles. The van der Waals surface area contributed by atoms with Crippen LogP contribution in [0.5, 0.6) is 0 Å². The minimum atomic E-state index is -3.58. The SMILES string of the molecule is Cc1ccc(C(C)NS(=O)(=O)c2cn(C)nc2C)c(C)c1. The molecule has 5 nitrogen and oxygen atoms in total. The van der Waals surface area contributed by atoms with Gasteiger partial charge >= 0.3 is 0 Å². The van der Waals surface area contributed by atoms with Crippen molar-refractivity contribution < 1.29 is 8.42 Å². The van der Waals surface area contributed by atoms with Crippen LogP contribution >= 0.6 is 0 Å². The first-order valence-corrected chi connectivity index (χ1v) is 8.29. The third-order valence-corrected chi connectivity index (χ3v) is 5.13. The van der Waals surface area contributed by atoms with E-state index in [2.05, 4.69) is 15.9 Å². The largest absolute Gasteiger partial charge is 0.274 e. The Balaban J connectivity index is 2.30. The van der Waals surface area contributed by atoms with Crippen molar-refractivity contribution in [2.24, 2.45) is 7.05 Å². The molecule has 0 aliphatic carbocycles. The number of rotatable bonds is 4. The normalized spacial score (nSPS) is 13.4. The molecule has 0 spiro atoms. The number of sulfonamides is 1. The minimum absolute atomic E-state index is 0.224. The second-order valence-electron chi connectivity index (χ2n) is 5.46. The zero-order chi connectivity index (χ0) is 15.8. The van der Waals surface area contributed by atoms with Crippen LogP contribution in [0.3, 0.4) is 0 Å². The standard InChI is InChI=1S/C15H21N3O2S/c1-10-6-7-14(11(2)8-10)12(3)17-21(19,20)15-9-18(5)16-13(15)4/h6-9,12,17H,1-5H3. The van der Waals surface area contributed by atoms with Gasteiger partial charge in [-0.3, -0.25) is 4.68 Å². The predicted molar refractivity (Wildman–Crippen MR) is 82.6 cm³/mol. The fourth-order valence-electron chi connectivity index (χ4n) is 2.51. The summed E-state index contributed by atoms with van der Waals surface area (Å²) in [7, 11) is -1.87. The number of benzene rings is 1. The van der Waals surface area contributed by atoms with Gasteiger partial charge in [0, 0.05) is 19.3 Å². The summed E-state index contributed by atoms with van der Waals surface area (Å²) in [5.74, 6) is 0. The molecule has 6 heteroatoms. The summed E-state index contributed by atoms with van der Waals surface area (Å²) in [6.45, 7) is 7.55. The number of nitrogens with one attached hydrogen (secondary N) is 1. The molecular weight excluding hydrogens is 286 g/mol. The van der Waals surface area contributed by atoms with Gasteiger partial charge in [-0.05, 0) is 38.8 Å². The molecule has 1 N–H and O–H groups in total. The maximum atomic E-state index is 12.5. The number of hydrogen-bond acceptors (Lipinski definition) is 3. The molecule has 2 aromatic rings. The van der Waals surface area contributed by atoms with Crippen molar-refractivity contribution in [1.82, 2.24) is 14.5 Å². The molecule has 0 radical (unpaired) electrons. The summed E-state index contributed by atoms with van der Waals surface area (Å²) in [6, 6.07) is 5.71. The molecule has 1 unspecified atom stereocenters. The van der Waals surface area contributed by atoms with E-state index in [1.807, 2.05) is 32.9 Å². The van der Waals surface area contributed by atoms with Gasteiger partial charge in [0.05, 0.1) is 5.69 Å². The number of nitrogens with zero attached hydrogens (tertiary/aromatic N) is 2. The second kappa shape index (κ2) is 5.61. The van der Waals surface area contributed by atoms with Gasteiger partial charge in [0.1, 0.15) is 4.90 Å². The van der Waals surface area contributed by atoms with Crippen LogP contribution in [0.25, 0.3) is 0 Å². The molecule has 0 amide bonds. The Morgan fingerprint density at radius 1 is 1.24 bits per heavy atom. The van der Waals surface area contributed by atoms with E-state index in [-0.39, 0.29) is 10.9 Å². The monoisotopic (exact) mass is 307 g/mol. The molecule has 0 aliphatic heterocycles.